The van der Waals surface area contributed by atoms with E-state index in [1.807, 2.05) is 6.07 Å². The second-order valence-electron chi connectivity index (χ2n) is 4.29. The molecule has 4 nitrogen and oxygen atoms in total. The molecule has 6 heteroatoms. The molecular weight excluding hydrogens is 252 g/mol. The second-order valence-corrected chi connectivity index (χ2v) is 4.29. The van der Waals surface area contributed by atoms with Gasteiger partial charge in [-0.1, -0.05) is 0 Å². The van der Waals surface area contributed by atoms with E-state index in [2.05, 4.69) is 10.4 Å². The summed E-state index contributed by atoms with van der Waals surface area (Å²) in [7, 11) is 1.81. The van der Waals surface area contributed by atoms with Crippen LogP contribution >= 0.6 is 0 Å². The minimum absolute atomic E-state index is 0.0477. The predicted molar refractivity (Wildman–Crippen MR) is 66.2 cm³/mol. The molecule has 2 aromatic rings. The Hall–Kier alpha value is -1.79. The second kappa shape index (κ2) is 5.90. The van der Waals surface area contributed by atoms with Gasteiger partial charge in [0.1, 0.15) is 11.6 Å². The van der Waals surface area contributed by atoms with E-state index in [0.29, 0.717) is 6.54 Å². The van der Waals surface area contributed by atoms with E-state index < -0.39 is 17.7 Å². The topological polar surface area (TPSA) is 50.1 Å². The van der Waals surface area contributed by atoms with Gasteiger partial charge in [-0.3, -0.25) is 4.68 Å². The van der Waals surface area contributed by atoms with Crippen molar-refractivity contribution in [2.45, 2.75) is 12.6 Å². The summed E-state index contributed by atoms with van der Waals surface area (Å²) in [6.45, 7) is 0.575. The van der Waals surface area contributed by atoms with Crippen molar-refractivity contribution in [1.29, 1.82) is 0 Å². The molecule has 1 aromatic heterocycles. The van der Waals surface area contributed by atoms with Gasteiger partial charge in [0.15, 0.2) is 0 Å². The first-order valence-corrected chi connectivity index (χ1v) is 5.88. The van der Waals surface area contributed by atoms with Crippen LogP contribution in [-0.4, -0.2) is 21.4 Å². The van der Waals surface area contributed by atoms with Gasteiger partial charge in [-0.05, 0) is 24.3 Å². The minimum Gasteiger partial charge on any atom is -0.387 e. The molecule has 0 fully saturated rings. The first-order chi connectivity index (χ1) is 9.06. The highest BCUT2D eigenvalue weighted by Crippen LogP contribution is 2.17. The number of nitrogens with zero attached hydrogens (tertiary/aromatic N) is 2. The van der Waals surface area contributed by atoms with Crippen molar-refractivity contribution in [2.75, 3.05) is 6.54 Å². The summed E-state index contributed by atoms with van der Waals surface area (Å²) >= 11 is 0. The van der Waals surface area contributed by atoms with Crippen LogP contribution in [0.5, 0.6) is 0 Å². The van der Waals surface area contributed by atoms with Gasteiger partial charge >= 0.3 is 0 Å². The third kappa shape index (κ3) is 3.59. The van der Waals surface area contributed by atoms with Crippen LogP contribution in [0.25, 0.3) is 0 Å². The van der Waals surface area contributed by atoms with Crippen molar-refractivity contribution in [3.63, 3.8) is 0 Å². The van der Waals surface area contributed by atoms with Gasteiger partial charge in [-0.15, -0.1) is 0 Å². The van der Waals surface area contributed by atoms with E-state index >= 15 is 0 Å². The van der Waals surface area contributed by atoms with Crippen molar-refractivity contribution in [2.24, 2.45) is 7.05 Å². The van der Waals surface area contributed by atoms with Gasteiger partial charge in [0.2, 0.25) is 0 Å². The average Bonchev–Trinajstić information content (AvgIpc) is 2.78. The third-order valence-electron chi connectivity index (χ3n) is 2.73. The molecule has 0 spiro atoms. The molecule has 0 radical (unpaired) electrons. The number of halogens is 2. The molecule has 0 saturated carbocycles. The Kier molecular flexibility index (Phi) is 4.24. The van der Waals surface area contributed by atoms with Crippen LogP contribution < -0.4 is 5.32 Å². The van der Waals surface area contributed by atoms with Crippen molar-refractivity contribution in [3.05, 3.63) is 53.4 Å². The monoisotopic (exact) mass is 267 g/mol. The minimum atomic E-state index is -1.10. The summed E-state index contributed by atoms with van der Waals surface area (Å²) in [5.41, 5.74) is 0.767. The number of aliphatic hydroxyl groups excluding tert-OH is 1. The van der Waals surface area contributed by atoms with E-state index in [9.17, 15) is 13.9 Å². The standard InChI is InChI=1S/C13H15F2N3O/c1-18-5-4-10(17-18)7-16-8-13(19)11-6-9(14)2-3-12(11)15/h2-6,13,16,19H,7-8H2,1H3. The summed E-state index contributed by atoms with van der Waals surface area (Å²) in [5, 5.41) is 16.9. The summed E-state index contributed by atoms with van der Waals surface area (Å²) in [6.07, 6.45) is 0.707. The molecule has 19 heavy (non-hydrogen) atoms. The zero-order valence-electron chi connectivity index (χ0n) is 10.5. The largest absolute Gasteiger partial charge is 0.387 e. The van der Waals surface area contributed by atoms with Gasteiger partial charge < -0.3 is 10.4 Å². The highest BCUT2D eigenvalue weighted by molar-refractivity contribution is 5.21. The van der Waals surface area contributed by atoms with Crippen LogP contribution in [0.15, 0.2) is 30.5 Å². The van der Waals surface area contributed by atoms with Crippen LogP contribution in [0.1, 0.15) is 17.4 Å². The Bertz CT molecular complexity index is 557. The highest BCUT2D eigenvalue weighted by Gasteiger charge is 2.13. The Morgan fingerprint density at radius 1 is 1.37 bits per heavy atom. The molecule has 1 unspecified atom stereocenters. The fraction of sp³-hybridized carbons (Fsp3) is 0.308. The molecule has 2 N–H and O–H groups in total. The van der Waals surface area contributed by atoms with Crippen LogP contribution in [0.3, 0.4) is 0 Å². The number of hydrogen-bond acceptors (Lipinski definition) is 3. The molecule has 102 valence electrons. The third-order valence-corrected chi connectivity index (χ3v) is 2.73. The summed E-state index contributed by atoms with van der Waals surface area (Å²) in [5.74, 6) is -1.19. The van der Waals surface area contributed by atoms with Gasteiger partial charge in [-0.2, -0.15) is 5.10 Å². The van der Waals surface area contributed by atoms with E-state index in [-0.39, 0.29) is 12.1 Å². The molecule has 0 bridgehead atoms. The zero-order valence-corrected chi connectivity index (χ0v) is 10.5. The van der Waals surface area contributed by atoms with Gasteiger partial charge in [0.25, 0.3) is 0 Å². The molecule has 0 saturated heterocycles. The molecule has 0 aliphatic heterocycles. The fourth-order valence-electron chi connectivity index (χ4n) is 1.77. The van der Waals surface area contributed by atoms with E-state index in [1.54, 1.807) is 17.9 Å². The Labute approximate surface area is 109 Å². The Morgan fingerprint density at radius 3 is 2.84 bits per heavy atom. The zero-order chi connectivity index (χ0) is 13.8. The Balaban J connectivity index is 1.90. The number of nitrogens with one attached hydrogen (secondary N) is 1. The molecule has 1 aromatic carbocycles. The van der Waals surface area contributed by atoms with Gasteiger partial charge in [-0.25, -0.2) is 8.78 Å². The maximum atomic E-state index is 13.4. The summed E-state index contributed by atoms with van der Waals surface area (Å²) < 4.78 is 28.1. The van der Waals surface area contributed by atoms with Crippen molar-refractivity contribution in [3.8, 4) is 0 Å². The maximum absolute atomic E-state index is 13.4. The molecule has 0 aliphatic carbocycles. The Morgan fingerprint density at radius 2 is 2.16 bits per heavy atom. The number of rotatable bonds is 5. The first kappa shape index (κ1) is 13.6. The number of benzene rings is 1. The SMILES string of the molecule is Cn1ccc(CNCC(O)c2cc(F)ccc2F)n1. The molecule has 1 heterocycles. The predicted octanol–water partition coefficient (Wildman–Crippen LogP) is 1.52. The summed E-state index contributed by atoms with van der Waals surface area (Å²) in [4.78, 5) is 0. The van der Waals surface area contributed by atoms with E-state index in [1.165, 1.54) is 0 Å². The number of aryl methyl sites for hydroxylation is 1. The van der Waals surface area contributed by atoms with Crippen LogP contribution in [0.4, 0.5) is 8.78 Å². The van der Waals surface area contributed by atoms with Crippen LogP contribution in [0.2, 0.25) is 0 Å². The average molecular weight is 267 g/mol. The quantitative estimate of drug-likeness (QED) is 0.863. The molecule has 0 aliphatic rings. The molecular formula is C13H15F2N3O. The van der Waals surface area contributed by atoms with E-state index in [0.717, 1.165) is 23.9 Å². The smallest absolute Gasteiger partial charge is 0.129 e. The lowest BCUT2D eigenvalue weighted by Crippen LogP contribution is -2.22. The van der Waals surface area contributed by atoms with Crippen molar-refractivity contribution >= 4 is 0 Å². The fourth-order valence-corrected chi connectivity index (χ4v) is 1.77. The number of hydrogen-bond donors (Lipinski definition) is 2. The van der Waals surface area contributed by atoms with Crippen LogP contribution in [0, 0.1) is 11.6 Å². The van der Waals surface area contributed by atoms with E-state index in [4.69, 9.17) is 0 Å². The number of aromatic nitrogens is 2. The summed E-state index contributed by atoms with van der Waals surface area (Å²) in [6, 6.07) is 4.87. The lowest BCUT2D eigenvalue weighted by molar-refractivity contribution is 0.169. The number of aliphatic hydroxyl groups is 1. The maximum Gasteiger partial charge on any atom is 0.129 e. The lowest BCUT2D eigenvalue weighted by atomic mass is 10.1. The van der Waals surface area contributed by atoms with Gasteiger partial charge in [0.05, 0.1) is 11.8 Å². The molecule has 0 amide bonds. The normalized spacial score (nSPS) is 12.6. The van der Waals surface area contributed by atoms with Crippen molar-refractivity contribution < 1.29 is 13.9 Å². The molecule has 1 atom stereocenters. The first-order valence-electron chi connectivity index (χ1n) is 5.88. The van der Waals surface area contributed by atoms with Crippen molar-refractivity contribution in [1.82, 2.24) is 15.1 Å². The van der Waals surface area contributed by atoms with Crippen LogP contribution in [-0.2, 0) is 13.6 Å². The lowest BCUT2D eigenvalue weighted by Gasteiger charge is -2.12. The van der Waals surface area contributed by atoms with Gasteiger partial charge in [0, 0.05) is 31.9 Å². The highest BCUT2D eigenvalue weighted by atomic mass is 19.1. The molecule has 2 rings (SSSR count).